The molecule has 0 aliphatic rings. The Hall–Kier alpha value is -2.14. The van der Waals surface area contributed by atoms with Crippen LogP contribution < -0.4 is 11.1 Å². The number of nitrogens with two attached hydrogens (primary N) is 1. The Morgan fingerprint density at radius 2 is 2.10 bits per heavy atom. The Morgan fingerprint density at radius 3 is 2.75 bits per heavy atom. The second-order valence-corrected chi connectivity index (χ2v) is 4.80. The monoisotopic (exact) mass is 272 g/mol. The minimum atomic E-state index is -0.258. The van der Waals surface area contributed by atoms with Crippen LogP contribution in [0.1, 0.15) is 23.7 Å². The highest BCUT2D eigenvalue weighted by molar-refractivity contribution is 5.76. The number of aryl methyl sites for hydroxylation is 1. The minimum absolute atomic E-state index is 0.0303. The maximum Gasteiger partial charge on any atom is 0.221 e. The van der Waals surface area contributed by atoms with Crippen molar-refractivity contribution in [2.24, 2.45) is 12.8 Å². The second kappa shape index (κ2) is 6.86. The van der Waals surface area contributed by atoms with Gasteiger partial charge in [-0.1, -0.05) is 30.3 Å². The molecule has 1 unspecified atom stereocenters. The number of carbonyl (C=O) groups is 1. The number of benzene rings is 1. The molecule has 0 aliphatic heterocycles. The SMILES string of the molecule is Cn1ccc(CCNC(=O)CC(N)c2ccccc2)n1. The lowest BCUT2D eigenvalue weighted by Crippen LogP contribution is -2.29. The van der Waals surface area contributed by atoms with Gasteiger partial charge in [-0.05, 0) is 11.6 Å². The largest absolute Gasteiger partial charge is 0.356 e. The standard InChI is InChI=1S/C15H20N4O/c1-19-10-8-13(18-19)7-9-17-15(20)11-14(16)12-5-3-2-4-6-12/h2-6,8,10,14H,7,9,11,16H2,1H3,(H,17,20). The smallest absolute Gasteiger partial charge is 0.221 e. The fourth-order valence-electron chi connectivity index (χ4n) is 2.02. The van der Waals surface area contributed by atoms with Crippen LogP contribution >= 0.6 is 0 Å². The van der Waals surface area contributed by atoms with Gasteiger partial charge in [-0.15, -0.1) is 0 Å². The highest BCUT2D eigenvalue weighted by atomic mass is 16.1. The zero-order valence-corrected chi connectivity index (χ0v) is 11.6. The molecule has 3 N–H and O–H groups in total. The molecule has 0 saturated heterocycles. The Bertz CT molecular complexity index is 550. The molecule has 0 fully saturated rings. The van der Waals surface area contributed by atoms with Gasteiger partial charge < -0.3 is 11.1 Å². The molecule has 2 aromatic rings. The van der Waals surface area contributed by atoms with Crippen molar-refractivity contribution in [1.82, 2.24) is 15.1 Å². The maximum atomic E-state index is 11.8. The first kappa shape index (κ1) is 14.3. The molecule has 1 amide bonds. The predicted octanol–water partition coefficient (Wildman–Crippen LogP) is 1.17. The van der Waals surface area contributed by atoms with E-state index in [1.54, 1.807) is 4.68 Å². The topological polar surface area (TPSA) is 72.9 Å². The van der Waals surface area contributed by atoms with E-state index in [4.69, 9.17) is 5.73 Å². The van der Waals surface area contributed by atoms with Gasteiger partial charge in [0.25, 0.3) is 0 Å². The van der Waals surface area contributed by atoms with Crippen molar-refractivity contribution in [2.45, 2.75) is 18.9 Å². The van der Waals surface area contributed by atoms with Crippen molar-refractivity contribution in [3.63, 3.8) is 0 Å². The fraction of sp³-hybridized carbons (Fsp3) is 0.333. The van der Waals surface area contributed by atoms with Crippen LogP contribution in [0.25, 0.3) is 0 Å². The van der Waals surface area contributed by atoms with Crippen LogP contribution in [0.4, 0.5) is 0 Å². The van der Waals surface area contributed by atoms with Crippen molar-refractivity contribution in [3.8, 4) is 0 Å². The molecule has 1 atom stereocenters. The lowest BCUT2D eigenvalue weighted by atomic mass is 10.0. The van der Waals surface area contributed by atoms with Gasteiger partial charge in [-0.3, -0.25) is 9.48 Å². The van der Waals surface area contributed by atoms with Crippen LogP contribution in [0.3, 0.4) is 0 Å². The van der Waals surface area contributed by atoms with Crippen LogP contribution in [0.5, 0.6) is 0 Å². The first-order valence-corrected chi connectivity index (χ1v) is 6.71. The van der Waals surface area contributed by atoms with Gasteiger partial charge in [0, 0.05) is 38.7 Å². The van der Waals surface area contributed by atoms with E-state index in [1.165, 1.54) is 0 Å². The van der Waals surface area contributed by atoms with Crippen molar-refractivity contribution >= 4 is 5.91 Å². The molecule has 1 heterocycles. The molecule has 0 bridgehead atoms. The van der Waals surface area contributed by atoms with Crippen molar-refractivity contribution < 1.29 is 4.79 Å². The summed E-state index contributed by atoms with van der Waals surface area (Å²) in [6, 6.07) is 11.3. The summed E-state index contributed by atoms with van der Waals surface area (Å²) in [5, 5.41) is 7.13. The van der Waals surface area contributed by atoms with E-state index in [9.17, 15) is 4.79 Å². The fourth-order valence-corrected chi connectivity index (χ4v) is 2.02. The number of carbonyl (C=O) groups excluding carboxylic acids is 1. The Kier molecular flexibility index (Phi) is 4.90. The van der Waals surface area contributed by atoms with E-state index in [0.29, 0.717) is 13.0 Å². The molecule has 5 nitrogen and oxygen atoms in total. The van der Waals surface area contributed by atoms with Gasteiger partial charge in [-0.25, -0.2) is 0 Å². The molecule has 0 aliphatic carbocycles. The second-order valence-electron chi connectivity index (χ2n) is 4.80. The van der Waals surface area contributed by atoms with Gasteiger partial charge in [0.2, 0.25) is 5.91 Å². The predicted molar refractivity (Wildman–Crippen MR) is 77.9 cm³/mol. The normalized spacial score (nSPS) is 12.1. The summed E-state index contributed by atoms with van der Waals surface area (Å²) in [5.74, 6) is -0.0303. The Morgan fingerprint density at radius 1 is 1.35 bits per heavy atom. The lowest BCUT2D eigenvalue weighted by Gasteiger charge is -2.11. The number of nitrogens with zero attached hydrogens (tertiary/aromatic N) is 2. The van der Waals surface area contributed by atoms with Crippen molar-refractivity contribution in [2.75, 3.05) is 6.54 Å². The van der Waals surface area contributed by atoms with Gasteiger partial charge in [-0.2, -0.15) is 5.10 Å². The average molecular weight is 272 g/mol. The van der Waals surface area contributed by atoms with Gasteiger partial charge in [0.05, 0.1) is 5.69 Å². The first-order chi connectivity index (χ1) is 9.65. The van der Waals surface area contributed by atoms with E-state index in [0.717, 1.165) is 17.7 Å². The number of aromatic nitrogens is 2. The number of hydrogen-bond donors (Lipinski definition) is 2. The third kappa shape index (κ3) is 4.20. The molecule has 5 heteroatoms. The number of nitrogens with one attached hydrogen (secondary N) is 1. The summed E-state index contributed by atoms with van der Waals surface area (Å²) >= 11 is 0. The highest BCUT2D eigenvalue weighted by Crippen LogP contribution is 2.12. The van der Waals surface area contributed by atoms with Crippen molar-refractivity contribution in [3.05, 3.63) is 53.9 Å². The Labute approximate surface area is 118 Å². The van der Waals surface area contributed by atoms with Gasteiger partial charge in [0.1, 0.15) is 0 Å². The third-order valence-corrected chi connectivity index (χ3v) is 3.11. The van der Waals surface area contributed by atoms with Crippen LogP contribution in [0.2, 0.25) is 0 Å². The van der Waals surface area contributed by atoms with E-state index in [-0.39, 0.29) is 11.9 Å². The summed E-state index contributed by atoms with van der Waals surface area (Å²) in [4.78, 5) is 11.8. The summed E-state index contributed by atoms with van der Waals surface area (Å²) < 4.78 is 1.75. The summed E-state index contributed by atoms with van der Waals surface area (Å²) in [6.45, 7) is 0.581. The summed E-state index contributed by atoms with van der Waals surface area (Å²) in [7, 11) is 1.88. The molecule has 2 rings (SSSR count). The number of hydrogen-bond acceptors (Lipinski definition) is 3. The zero-order valence-electron chi connectivity index (χ0n) is 11.6. The Balaban J connectivity index is 1.73. The molecular weight excluding hydrogens is 252 g/mol. The number of amides is 1. The van der Waals surface area contributed by atoms with E-state index < -0.39 is 0 Å². The van der Waals surface area contributed by atoms with Crippen LogP contribution in [-0.4, -0.2) is 22.2 Å². The van der Waals surface area contributed by atoms with Crippen LogP contribution in [0, 0.1) is 0 Å². The summed E-state index contributed by atoms with van der Waals surface area (Å²) in [5.41, 5.74) is 7.96. The molecule has 0 radical (unpaired) electrons. The minimum Gasteiger partial charge on any atom is -0.356 e. The lowest BCUT2D eigenvalue weighted by molar-refractivity contribution is -0.121. The highest BCUT2D eigenvalue weighted by Gasteiger charge is 2.10. The summed E-state index contributed by atoms with van der Waals surface area (Å²) in [6.07, 6.45) is 2.92. The molecule has 106 valence electrons. The van der Waals surface area contributed by atoms with E-state index in [1.807, 2.05) is 49.6 Å². The average Bonchev–Trinajstić information content (AvgIpc) is 2.85. The third-order valence-electron chi connectivity index (χ3n) is 3.11. The molecule has 20 heavy (non-hydrogen) atoms. The maximum absolute atomic E-state index is 11.8. The van der Waals surface area contributed by atoms with E-state index >= 15 is 0 Å². The molecule has 0 spiro atoms. The van der Waals surface area contributed by atoms with Crippen molar-refractivity contribution in [1.29, 1.82) is 0 Å². The van der Waals surface area contributed by atoms with Gasteiger partial charge >= 0.3 is 0 Å². The molecule has 1 aromatic heterocycles. The van der Waals surface area contributed by atoms with Gasteiger partial charge in [0.15, 0.2) is 0 Å². The van der Waals surface area contributed by atoms with Crippen LogP contribution in [-0.2, 0) is 18.3 Å². The molecular formula is C15H20N4O. The quantitative estimate of drug-likeness (QED) is 0.829. The van der Waals surface area contributed by atoms with E-state index in [2.05, 4.69) is 10.4 Å². The molecule has 1 aromatic carbocycles. The first-order valence-electron chi connectivity index (χ1n) is 6.71. The zero-order chi connectivity index (χ0) is 14.4. The molecule has 0 saturated carbocycles. The number of rotatable bonds is 6. The van der Waals surface area contributed by atoms with Crippen LogP contribution in [0.15, 0.2) is 42.6 Å².